The number of anilines is 3. The van der Waals surface area contributed by atoms with Crippen molar-refractivity contribution in [3.05, 3.63) is 70.8 Å². The van der Waals surface area contributed by atoms with Crippen LogP contribution in [0.1, 0.15) is 104 Å². The van der Waals surface area contributed by atoms with Crippen LogP contribution in [0.25, 0.3) is 0 Å². The molecule has 2 aromatic rings. The van der Waals surface area contributed by atoms with Crippen LogP contribution in [0.15, 0.2) is 60.2 Å². The zero-order chi connectivity index (χ0) is 61.3. The maximum absolute atomic E-state index is 14.3. The molecular weight excluding hydrogens is 1110 g/mol. The van der Waals surface area contributed by atoms with Crippen LogP contribution < -0.4 is 47.3 Å². The van der Waals surface area contributed by atoms with E-state index in [0.717, 1.165) is 11.1 Å². The molecule has 3 aliphatic rings. The molecule has 2 aromatic carbocycles. The lowest BCUT2D eigenvalue weighted by molar-refractivity contribution is -0.197. The normalized spacial score (nSPS) is 24.0. The lowest BCUT2D eigenvalue weighted by Gasteiger charge is -2.43. The number of amides is 10. The van der Waals surface area contributed by atoms with Gasteiger partial charge in [0.15, 0.2) is 5.72 Å². The van der Waals surface area contributed by atoms with Gasteiger partial charge in [-0.3, -0.25) is 39.4 Å². The number of aliphatic hydroxyl groups is 2. The van der Waals surface area contributed by atoms with Crippen LogP contribution in [0.4, 0.5) is 31.4 Å². The first-order valence-electron chi connectivity index (χ1n) is 27.2. The van der Waals surface area contributed by atoms with E-state index < -0.39 is 126 Å². The Balaban J connectivity index is 1.29. The second-order valence-corrected chi connectivity index (χ2v) is 21.5. The molecule has 454 valence electrons. The van der Waals surface area contributed by atoms with Crippen molar-refractivity contribution in [2.75, 3.05) is 43.3 Å². The summed E-state index contributed by atoms with van der Waals surface area (Å²) in [6.07, 6.45) is -1.97. The predicted molar refractivity (Wildman–Crippen MR) is 301 cm³/mol. The molecule has 5 rings (SSSR count). The average molecular weight is 1180 g/mol. The third kappa shape index (κ3) is 18.9. The second-order valence-electron chi connectivity index (χ2n) is 21.1. The van der Waals surface area contributed by atoms with Crippen LogP contribution in [0.5, 0.6) is 5.75 Å². The molecule has 26 nitrogen and oxygen atoms in total. The first-order chi connectivity index (χ1) is 39.2. The summed E-state index contributed by atoms with van der Waals surface area (Å²) >= 11 is 6.79. The lowest BCUT2D eigenvalue weighted by atomic mass is 9.81. The number of nitrogens with zero attached hydrogens (tertiary/aromatic N) is 2. The quantitative estimate of drug-likeness (QED) is 0.0655. The monoisotopic (exact) mass is 1180 g/mol. The number of carbonyl (C=O) groups is 10. The summed E-state index contributed by atoms with van der Waals surface area (Å²) in [7, 11) is 4.29. The third-order valence-electron chi connectivity index (χ3n) is 14.4. The van der Waals surface area contributed by atoms with Gasteiger partial charge in [-0.15, -0.1) is 5.06 Å². The van der Waals surface area contributed by atoms with Crippen molar-refractivity contribution < 1.29 is 81.9 Å². The van der Waals surface area contributed by atoms with Gasteiger partial charge in [-0.25, -0.2) is 19.2 Å². The van der Waals surface area contributed by atoms with Gasteiger partial charge in [0.2, 0.25) is 23.6 Å². The Bertz CT molecular complexity index is 2760. The highest BCUT2D eigenvalue weighted by Gasteiger charge is 2.49. The number of alkyl carbamates (subject to hydrolysis) is 1. The third-order valence-corrected chi connectivity index (χ3v) is 14.8. The van der Waals surface area contributed by atoms with Crippen LogP contribution in [-0.2, 0) is 59.0 Å². The predicted octanol–water partition coefficient (Wildman–Crippen LogP) is 4.39. The molecule has 10 N–H and O–H groups in total. The Morgan fingerprint density at radius 1 is 0.904 bits per heavy atom. The van der Waals surface area contributed by atoms with Crippen molar-refractivity contribution in [2.45, 2.75) is 147 Å². The van der Waals surface area contributed by atoms with E-state index in [2.05, 4.69) is 31.9 Å². The van der Waals surface area contributed by atoms with Crippen LogP contribution in [0.3, 0.4) is 0 Å². The molecule has 27 heteroatoms. The standard InChI is InChI=1S/C56H76ClN9O17/c1-30(2)49(63-43(67)16-9-10-17-47(71)83-66-44(68)22-23-45(66)69)52(74)62-37(14-12-24-59-53(58)75)51(73)60-35-18-20-36(21-19-35)61-54(76)81-39-28-46(70)65(6)38-26-34(27-40(79-7)48(38)57)25-31(3)13-11-15-42(80-8)56(78)29-41(82-55(77)64-56)33(5)50(72)32(39)4/h11,13,15,18-21,26-27,30,32-33,37,39,41-42,49-50,72,78H,9-10,12,14,16-17,22-25,28-29H2,1-8H3,(H,60,73)(H,61,76)(H,62,74)(H,63,67)(H,64,77)(H3,58,59,75)/b15-11+,31-13+/t32-,33-,37+,39+,41+,42-,49+,50-,56+/m1/s1. The summed E-state index contributed by atoms with van der Waals surface area (Å²) in [5.74, 6) is -6.59. The second kappa shape index (κ2) is 30.5. The topological polar surface area (TPSA) is 362 Å². The highest BCUT2D eigenvalue weighted by atomic mass is 35.5. The number of methoxy groups -OCH3 is 2. The molecule has 0 unspecified atom stereocenters. The van der Waals surface area contributed by atoms with E-state index in [4.69, 9.17) is 41.1 Å². The van der Waals surface area contributed by atoms with E-state index in [-0.39, 0.29) is 86.5 Å². The minimum absolute atomic E-state index is 0.0141. The molecule has 0 saturated carbocycles. The summed E-state index contributed by atoms with van der Waals surface area (Å²) in [4.78, 5) is 135. The van der Waals surface area contributed by atoms with Gasteiger partial charge in [-0.2, -0.15) is 0 Å². The fourth-order valence-electron chi connectivity index (χ4n) is 9.53. The number of fused-ring (bicyclic) bond motifs is 4. The number of carbonyl (C=O) groups excluding carboxylic acids is 10. The number of hydrogen-bond acceptors (Lipinski definition) is 17. The molecule has 9 atom stereocenters. The zero-order valence-corrected chi connectivity index (χ0v) is 48.5. The molecule has 4 bridgehead atoms. The first kappa shape index (κ1) is 66.0. The first-order valence-corrected chi connectivity index (χ1v) is 27.6. The number of rotatable bonds is 20. The van der Waals surface area contributed by atoms with E-state index in [1.54, 1.807) is 58.1 Å². The number of nitrogens with one attached hydrogen (secondary N) is 6. The number of urea groups is 1. The Morgan fingerprint density at radius 2 is 1.55 bits per heavy atom. The van der Waals surface area contributed by atoms with Gasteiger partial charge in [-0.05, 0) is 86.9 Å². The number of ether oxygens (including phenoxy) is 4. The highest BCUT2D eigenvalue weighted by molar-refractivity contribution is 6.35. The number of allylic oxidation sites excluding steroid dienone is 3. The largest absolute Gasteiger partial charge is 0.495 e. The smallest absolute Gasteiger partial charge is 0.411 e. The molecule has 0 radical (unpaired) electrons. The number of imide groups is 1. The summed E-state index contributed by atoms with van der Waals surface area (Å²) in [6.45, 7) is 8.45. The molecule has 2 fully saturated rings. The van der Waals surface area contributed by atoms with Crippen molar-refractivity contribution in [1.82, 2.24) is 26.3 Å². The van der Waals surface area contributed by atoms with E-state index in [0.29, 0.717) is 17.2 Å². The number of unbranched alkanes of at least 4 members (excludes halogenated alkanes) is 1. The zero-order valence-electron chi connectivity index (χ0n) is 47.7. The number of nitrogens with two attached hydrogens (primary N) is 1. The van der Waals surface area contributed by atoms with Crippen molar-refractivity contribution in [3.63, 3.8) is 0 Å². The van der Waals surface area contributed by atoms with Gasteiger partial charge in [-0.1, -0.05) is 63.1 Å². The maximum atomic E-state index is 14.3. The van der Waals surface area contributed by atoms with Crippen molar-refractivity contribution in [1.29, 1.82) is 0 Å². The molecule has 0 aromatic heterocycles. The maximum Gasteiger partial charge on any atom is 0.411 e. The van der Waals surface area contributed by atoms with Gasteiger partial charge in [0.25, 0.3) is 11.8 Å². The minimum Gasteiger partial charge on any atom is -0.495 e. The Labute approximate surface area is 485 Å². The Hall–Kier alpha value is -7.81. The number of hydroxylamine groups is 2. The van der Waals surface area contributed by atoms with Crippen LogP contribution >= 0.6 is 11.6 Å². The van der Waals surface area contributed by atoms with E-state index in [1.165, 1.54) is 50.4 Å². The number of benzene rings is 2. The number of hydrogen-bond donors (Lipinski definition) is 9. The fraction of sp³-hybridized carbons (Fsp3) is 0.536. The number of primary amides is 1. The van der Waals surface area contributed by atoms with Gasteiger partial charge in [0, 0.05) is 76.0 Å². The van der Waals surface area contributed by atoms with E-state index in [1.807, 2.05) is 6.92 Å². The van der Waals surface area contributed by atoms with Gasteiger partial charge in [0.05, 0.1) is 25.3 Å². The molecule has 3 aliphatic heterocycles. The van der Waals surface area contributed by atoms with Gasteiger partial charge < -0.3 is 65.9 Å². The summed E-state index contributed by atoms with van der Waals surface area (Å²) in [5, 5.41) is 39.9. The van der Waals surface area contributed by atoms with Crippen LogP contribution in [0, 0.1) is 17.8 Å². The molecule has 0 aliphatic carbocycles. The molecule has 0 spiro atoms. The highest BCUT2D eigenvalue weighted by Crippen LogP contribution is 2.38. The average Bonchev–Trinajstić information content (AvgIpc) is 3.64. The summed E-state index contributed by atoms with van der Waals surface area (Å²) < 4.78 is 22.7. The molecule has 10 amide bonds. The van der Waals surface area contributed by atoms with Crippen LogP contribution in [-0.4, -0.2) is 145 Å². The van der Waals surface area contributed by atoms with E-state index >= 15 is 0 Å². The summed E-state index contributed by atoms with van der Waals surface area (Å²) in [5.41, 5.74) is 5.51. The molecule has 2 saturated heterocycles. The number of halogens is 1. The minimum atomic E-state index is -1.98. The number of aliphatic hydroxyl groups excluding tert-OH is 1. The van der Waals surface area contributed by atoms with Crippen LogP contribution in [0.2, 0.25) is 5.02 Å². The Kier molecular flexibility index (Phi) is 24.2. The van der Waals surface area contributed by atoms with Crippen molar-refractivity contribution >= 4 is 88.3 Å². The molecule has 83 heavy (non-hydrogen) atoms. The lowest BCUT2D eigenvalue weighted by Crippen LogP contribution is -2.64. The Morgan fingerprint density at radius 3 is 2.18 bits per heavy atom. The summed E-state index contributed by atoms with van der Waals surface area (Å²) in [6, 6.07) is 6.12. The van der Waals surface area contributed by atoms with Gasteiger partial charge >= 0.3 is 24.2 Å². The van der Waals surface area contributed by atoms with Crippen molar-refractivity contribution in [3.8, 4) is 5.75 Å². The fourth-order valence-corrected chi connectivity index (χ4v) is 9.84. The molecular formula is C56H76ClN9O17. The van der Waals surface area contributed by atoms with Gasteiger partial charge in [0.1, 0.15) is 41.2 Å². The van der Waals surface area contributed by atoms with E-state index in [9.17, 15) is 58.2 Å². The SMILES string of the molecule is COc1cc2cc(c1Cl)N(C)C(=O)C[C@H](OC(=O)Nc1ccc(NC(=O)[C@H](CCCNC(N)=O)NC(=O)[C@@H](NC(=O)CCCCC(=O)ON3C(=O)CCC3=O)C(C)C)cc1)[C@@H](C)[C@@H](O)[C@H](C)[C@@H]1C[C@@](O)(NC(=O)O1)[C@H](OC)/C=C/C=C(\C)C2. The van der Waals surface area contributed by atoms with Crippen molar-refractivity contribution in [2.24, 2.45) is 23.5 Å². The molecule has 3 heterocycles.